The summed E-state index contributed by atoms with van der Waals surface area (Å²) in [5, 5.41) is 6.12. The fourth-order valence-corrected chi connectivity index (χ4v) is 2.91. The van der Waals surface area contributed by atoms with Crippen LogP contribution < -0.4 is 5.43 Å². The molecule has 0 spiro atoms. The molecular weight excluding hydrogens is 363 g/mol. The topological polar surface area (TPSA) is 54.4 Å². The number of hydrogen-bond donors (Lipinski definition) is 1. The van der Waals surface area contributed by atoms with Gasteiger partial charge in [-0.1, -0.05) is 6.07 Å². The first-order valence-corrected chi connectivity index (χ1v) is 8.36. The van der Waals surface area contributed by atoms with Crippen molar-refractivity contribution in [1.29, 1.82) is 0 Å². The van der Waals surface area contributed by atoms with Crippen LogP contribution in [-0.4, -0.2) is 17.1 Å². The van der Waals surface area contributed by atoms with Crippen LogP contribution in [0.4, 0.5) is 13.2 Å². The number of hydrogen-bond acceptors (Lipinski definition) is 4. The van der Waals surface area contributed by atoms with E-state index < -0.39 is 17.5 Å². The van der Waals surface area contributed by atoms with Crippen LogP contribution in [0.5, 0.6) is 0 Å². The smallest absolute Gasteiger partial charge is 0.246 e. The van der Waals surface area contributed by atoms with Crippen molar-refractivity contribution < 1.29 is 18.0 Å². The molecule has 0 radical (unpaired) electrons. The number of nitrogens with one attached hydrogen (secondary N) is 1. The lowest BCUT2D eigenvalue weighted by atomic mass is 10.2. The number of benzene rings is 2. The third-order valence-electron chi connectivity index (χ3n) is 3.33. The van der Waals surface area contributed by atoms with Crippen LogP contribution in [0.3, 0.4) is 0 Å². The number of halogens is 3. The summed E-state index contributed by atoms with van der Waals surface area (Å²) in [6.07, 6.45) is 1.22. The van der Waals surface area contributed by atoms with Gasteiger partial charge in [-0.2, -0.15) is 5.10 Å². The summed E-state index contributed by atoms with van der Waals surface area (Å²) in [5.41, 5.74) is 3.93. The molecule has 0 saturated heterocycles. The number of carbonyl (C=O) groups is 1. The summed E-state index contributed by atoms with van der Waals surface area (Å²) in [6.45, 7) is 0. The highest BCUT2D eigenvalue weighted by Gasteiger charge is 2.09. The zero-order chi connectivity index (χ0) is 18.5. The lowest BCUT2D eigenvalue weighted by Crippen LogP contribution is -2.19. The summed E-state index contributed by atoms with van der Waals surface area (Å²) >= 11 is 1.34. The molecule has 3 aromatic rings. The highest BCUT2D eigenvalue weighted by atomic mass is 32.1. The number of carbonyl (C=O) groups excluding carboxylic acids is 1. The molecule has 26 heavy (non-hydrogen) atoms. The standard InChI is InChI=1S/C18H12F3N3OS/c19-13-4-2-12(3-5-13)18-23-14(10-26-18)8-17(25)24-22-9-11-1-6-15(20)16(21)7-11/h1-7,9-10H,8H2,(H,24,25)/b22-9-. The van der Waals surface area contributed by atoms with Crippen molar-refractivity contribution >= 4 is 23.5 Å². The second-order valence-corrected chi connectivity index (χ2v) is 6.15. The largest absolute Gasteiger partial charge is 0.273 e. The van der Waals surface area contributed by atoms with Crippen molar-refractivity contribution in [3.8, 4) is 10.6 Å². The van der Waals surface area contributed by atoms with E-state index in [0.29, 0.717) is 16.3 Å². The minimum atomic E-state index is -0.990. The van der Waals surface area contributed by atoms with Crippen LogP contribution in [0.15, 0.2) is 52.9 Å². The normalized spacial score (nSPS) is 11.0. The maximum Gasteiger partial charge on any atom is 0.246 e. The van der Waals surface area contributed by atoms with Crippen molar-refractivity contribution in [3.63, 3.8) is 0 Å². The van der Waals surface area contributed by atoms with E-state index in [9.17, 15) is 18.0 Å². The van der Waals surface area contributed by atoms with Gasteiger partial charge in [0.25, 0.3) is 0 Å². The number of nitrogens with zero attached hydrogens (tertiary/aromatic N) is 2. The van der Waals surface area contributed by atoms with Gasteiger partial charge < -0.3 is 0 Å². The quantitative estimate of drug-likeness (QED) is 0.543. The molecule has 1 N–H and O–H groups in total. The predicted octanol–water partition coefficient (Wildman–Crippen LogP) is 3.92. The monoisotopic (exact) mass is 375 g/mol. The molecule has 1 amide bonds. The van der Waals surface area contributed by atoms with Gasteiger partial charge in [-0.25, -0.2) is 23.6 Å². The SMILES string of the molecule is O=C(Cc1csc(-c2ccc(F)cc2)n1)N/N=C\c1ccc(F)c(F)c1. The van der Waals surface area contributed by atoms with Crippen LogP contribution >= 0.6 is 11.3 Å². The van der Waals surface area contributed by atoms with E-state index in [-0.39, 0.29) is 12.2 Å². The molecule has 0 unspecified atom stereocenters. The van der Waals surface area contributed by atoms with E-state index >= 15 is 0 Å². The van der Waals surface area contributed by atoms with Crippen molar-refractivity contribution in [1.82, 2.24) is 10.4 Å². The maximum atomic E-state index is 13.1. The van der Waals surface area contributed by atoms with E-state index in [1.165, 1.54) is 35.8 Å². The molecule has 8 heteroatoms. The third-order valence-corrected chi connectivity index (χ3v) is 4.27. The lowest BCUT2D eigenvalue weighted by molar-refractivity contribution is -0.120. The molecule has 2 aromatic carbocycles. The Morgan fingerprint density at radius 2 is 1.88 bits per heavy atom. The minimum Gasteiger partial charge on any atom is -0.273 e. The predicted molar refractivity (Wildman–Crippen MR) is 93.3 cm³/mol. The average Bonchev–Trinajstić information content (AvgIpc) is 3.07. The molecule has 1 heterocycles. The molecule has 0 saturated carbocycles. The molecule has 4 nitrogen and oxygen atoms in total. The molecule has 1 aromatic heterocycles. The van der Waals surface area contributed by atoms with Crippen LogP contribution in [0.1, 0.15) is 11.3 Å². The second kappa shape index (κ2) is 7.92. The van der Waals surface area contributed by atoms with Gasteiger partial charge in [0.2, 0.25) is 5.91 Å². The molecule has 0 aliphatic heterocycles. The number of amides is 1. The first-order valence-electron chi connectivity index (χ1n) is 7.48. The second-order valence-electron chi connectivity index (χ2n) is 5.29. The average molecular weight is 375 g/mol. The summed E-state index contributed by atoms with van der Waals surface area (Å²) in [6, 6.07) is 9.20. The molecule has 0 aliphatic rings. The fraction of sp³-hybridized carbons (Fsp3) is 0.0556. The Labute approximate surface area is 151 Å². The van der Waals surface area contributed by atoms with E-state index in [2.05, 4.69) is 15.5 Å². The third kappa shape index (κ3) is 4.54. The Balaban J connectivity index is 1.57. The van der Waals surface area contributed by atoms with E-state index in [4.69, 9.17) is 0 Å². The van der Waals surface area contributed by atoms with Crippen molar-refractivity contribution in [2.24, 2.45) is 5.10 Å². The first kappa shape index (κ1) is 17.8. The first-order chi connectivity index (χ1) is 12.5. The Hall–Kier alpha value is -3.00. The van der Waals surface area contributed by atoms with Gasteiger partial charge in [0, 0.05) is 10.9 Å². The zero-order valence-electron chi connectivity index (χ0n) is 13.2. The molecule has 0 atom stereocenters. The van der Waals surface area contributed by atoms with Gasteiger partial charge in [-0.3, -0.25) is 4.79 Å². The lowest BCUT2D eigenvalue weighted by Gasteiger charge is -1.98. The zero-order valence-corrected chi connectivity index (χ0v) is 14.1. The molecule has 0 fully saturated rings. The molecule has 0 aliphatic carbocycles. The number of aromatic nitrogens is 1. The summed E-state index contributed by atoms with van der Waals surface area (Å²) in [4.78, 5) is 16.2. The molecule has 132 valence electrons. The maximum absolute atomic E-state index is 13.1. The van der Waals surface area contributed by atoms with Gasteiger partial charge in [-0.05, 0) is 42.0 Å². The summed E-state index contributed by atoms with van der Waals surface area (Å²) < 4.78 is 38.8. The van der Waals surface area contributed by atoms with Crippen molar-refractivity contribution in [3.05, 3.63) is 76.6 Å². The van der Waals surface area contributed by atoms with Gasteiger partial charge in [-0.15, -0.1) is 11.3 Å². The fourth-order valence-electron chi connectivity index (χ4n) is 2.09. The molecule has 3 rings (SSSR count). The van der Waals surface area contributed by atoms with Crippen LogP contribution in [-0.2, 0) is 11.2 Å². The van der Waals surface area contributed by atoms with Crippen LogP contribution in [0, 0.1) is 17.5 Å². The number of hydrazone groups is 1. The molecule has 0 bridgehead atoms. The van der Waals surface area contributed by atoms with Crippen molar-refractivity contribution in [2.75, 3.05) is 0 Å². The van der Waals surface area contributed by atoms with E-state index in [1.807, 2.05) is 0 Å². The highest BCUT2D eigenvalue weighted by molar-refractivity contribution is 7.13. The van der Waals surface area contributed by atoms with Gasteiger partial charge in [0.15, 0.2) is 11.6 Å². The van der Waals surface area contributed by atoms with E-state index in [0.717, 1.165) is 17.7 Å². The van der Waals surface area contributed by atoms with Crippen molar-refractivity contribution in [2.45, 2.75) is 6.42 Å². The van der Waals surface area contributed by atoms with Gasteiger partial charge in [0.1, 0.15) is 10.8 Å². The van der Waals surface area contributed by atoms with Crippen LogP contribution in [0.25, 0.3) is 10.6 Å². The Morgan fingerprint density at radius 1 is 1.12 bits per heavy atom. The number of thiazole rings is 1. The summed E-state index contributed by atoms with van der Waals surface area (Å²) in [5.74, 6) is -2.67. The summed E-state index contributed by atoms with van der Waals surface area (Å²) in [7, 11) is 0. The Bertz CT molecular complexity index is 955. The van der Waals surface area contributed by atoms with E-state index in [1.54, 1.807) is 17.5 Å². The Morgan fingerprint density at radius 3 is 2.62 bits per heavy atom. The van der Waals surface area contributed by atoms with Gasteiger partial charge in [0.05, 0.1) is 18.3 Å². The van der Waals surface area contributed by atoms with Gasteiger partial charge >= 0.3 is 0 Å². The van der Waals surface area contributed by atoms with Crippen LogP contribution in [0.2, 0.25) is 0 Å². The number of rotatable bonds is 5. The molecular formula is C18H12F3N3OS. The Kier molecular flexibility index (Phi) is 5.43. The minimum absolute atomic E-state index is 0.00676. The highest BCUT2D eigenvalue weighted by Crippen LogP contribution is 2.24.